The maximum atomic E-state index is 13.1. The van der Waals surface area contributed by atoms with Gasteiger partial charge in [0.05, 0.1) is 36.0 Å². The molecule has 2 aliphatic rings. The van der Waals surface area contributed by atoms with E-state index in [1.54, 1.807) is 41.0 Å². The van der Waals surface area contributed by atoms with Crippen molar-refractivity contribution >= 4 is 27.3 Å². The summed E-state index contributed by atoms with van der Waals surface area (Å²) in [4.78, 5) is 11.7. The lowest BCUT2D eigenvalue weighted by molar-refractivity contribution is 0.122. The first kappa shape index (κ1) is 25.5. The Hall–Kier alpha value is -3.80. The molecule has 2 aromatic carbocycles. The average Bonchev–Trinajstić information content (AvgIpc) is 3.50. The number of ether oxygens (including phenoxy) is 1. The molecule has 1 atom stereocenters. The van der Waals surface area contributed by atoms with Gasteiger partial charge in [-0.15, -0.1) is 0 Å². The molecule has 1 N–H and O–H groups in total. The van der Waals surface area contributed by atoms with Crippen molar-refractivity contribution < 1.29 is 13.2 Å². The Kier molecular flexibility index (Phi) is 7.27. The Labute approximate surface area is 228 Å². The lowest BCUT2D eigenvalue weighted by Gasteiger charge is -2.32. The van der Waals surface area contributed by atoms with Crippen LogP contribution in [0.25, 0.3) is 11.3 Å². The van der Waals surface area contributed by atoms with Crippen molar-refractivity contribution in [2.24, 2.45) is 0 Å². The van der Waals surface area contributed by atoms with Crippen LogP contribution in [0.15, 0.2) is 84.1 Å². The van der Waals surface area contributed by atoms with Crippen molar-refractivity contribution in [1.82, 2.24) is 24.1 Å². The normalized spacial score (nSPS) is 18.7. The predicted octanol–water partition coefficient (Wildman–Crippen LogP) is 3.95. The van der Waals surface area contributed by atoms with Gasteiger partial charge in [-0.25, -0.2) is 18.4 Å². The maximum absolute atomic E-state index is 13.1. The first-order valence-corrected chi connectivity index (χ1v) is 14.6. The highest BCUT2D eigenvalue weighted by molar-refractivity contribution is 7.89. The fourth-order valence-electron chi connectivity index (χ4n) is 5.05. The van der Waals surface area contributed by atoms with Crippen LogP contribution in [0.3, 0.4) is 0 Å². The molecule has 0 bridgehead atoms. The first-order valence-electron chi connectivity index (χ1n) is 13.2. The SMILES string of the molecule is O=S(=O)(c1ccccc1)N1CCCC(n2cc(-c3ccnc(Nc4ccc(N5CCOCC5)cc4)n3)cn2)C1. The minimum Gasteiger partial charge on any atom is -0.378 e. The van der Waals surface area contributed by atoms with Gasteiger partial charge in [-0.2, -0.15) is 9.40 Å². The smallest absolute Gasteiger partial charge is 0.243 e. The van der Waals surface area contributed by atoms with Crippen LogP contribution in [-0.4, -0.2) is 71.9 Å². The largest absolute Gasteiger partial charge is 0.378 e. The van der Waals surface area contributed by atoms with Gasteiger partial charge in [0.1, 0.15) is 0 Å². The number of aromatic nitrogens is 4. The zero-order chi connectivity index (χ0) is 26.7. The Morgan fingerprint density at radius 3 is 2.54 bits per heavy atom. The number of hydrogen-bond acceptors (Lipinski definition) is 8. The van der Waals surface area contributed by atoms with Gasteiger partial charge in [0.25, 0.3) is 0 Å². The van der Waals surface area contributed by atoms with E-state index in [-0.39, 0.29) is 6.04 Å². The molecule has 6 rings (SSSR count). The van der Waals surface area contributed by atoms with Gasteiger partial charge in [0.2, 0.25) is 16.0 Å². The van der Waals surface area contributed by atoms with Gasteiger partial charge in [-0.3, -0.25) is 4.68 Å². The molecule has 1 unspecified atom stereocenters. The summed E-state index contributed by atoms with van der Waals surface area (Å²) in [6.45, 7) is 4.19. The summed E-state index contributed by atoms with van der Waals surface area (Å²) in [5.74, 6) is 0.497. The highest BCUT2D eigenvalue weighted by Gasteiger charge is 2.31. The Morgan fingerprint density at radius 2 is 1.74 bits per heavy atom. The van der Waals surface area contributed by atoms with E-state index in [0.29, 0.717) is 23.9 Å². The fraction of sp³-hybridized carbons (Fsp3) is 0.321. The fourth-order valence-corrected chi connectivity index (χ4v) is 6.59. The first-order chi connectivity index (χ1) is 19.1. The van der Waals surface area contributed by atoms with E-state index >= 15 is 0 Å². The number of hydrogen-bond donors (Lipinski definition) is 1. The predicted molar refractivity (Wildman–Crippen MR) is 149 cm³/mol. The Balaban J connectivity index is 1.13. The van der Waals surface area contributed by atoms with Gasteiger partial charge in [-0.05, 0) is 55.3 Å². The highest BCUT2D eigenvalue weighted by Crippen LogP contribution is 2.28. The van der Waals surface area contributed by atoms with Crippen LogP contribution in [0, 0.1) is 0 Å². The maximum Gasteiger partial charge on any atom is 0.243 e. The van der Waals surface area contributed by atoms with Crippen LogP contribution in [0.5, 0.6) is 0 Å². The molecular weight excluding hydrogens is 514 g/mol. The number of rotatable bonds is 7. The Bertz CT molecular complexity index is 1500. The molecule has 0 spiro atoms. The zero-order valence-electron chi connectivity index (χ0n) is 21.6. The molecule has 39 heavy (non-hydrogen) atoms. The van der Waals surface area contributed by atoms with Crippen molar-refractivity contribution in [1.29, 1.82) is 0 Å². The highest BCUT2D eigenvalue weighted by atomic mass is 32.2. The van der Waals surface area contributed by atoms with Gasteiger partial charge in [0, 0.05) is 55.5 Å². The van der Waals surface area contributed by atoms with Crippen LogP contribution in [0.2, 0.25) is 0 Å². The summed E-state index contributed by atoms with van der Waals surface area (Å²) in [7, 11) is -3.54. The molecule has 0 radical (unpaired) electrons. The van der Waals surface area contributed by atoms with Crippen LogP contribution in [-0.2, 0) is 14.8 Å². The van der Waals surface area contributed by atoms with Gasteiger partial charge >= 0.3 is 0 Å². The summed E-state index contributed by atoms with van der Waals surface area (Å²) >= 11 is 0. The zero-order valence-corrected chi connectivity index (χ0v) is 22.4. The summed E-state index contributed by atoms with van der Waals surface area (Å²) in [5, 5.41) is 7.86. The summed E-state index contributed by atoms with van der Waals surface area (Å²) in [5.41, 5.74) is 3.67. The molecule has 202 valence electrons. The molecule has 2 saturated heterocycles. The molecule has 0 amide bonds. The minimum atomic E-state index is -3.54. The minimum absolute atomic E-state index is 0.0459. The summed E-state index contributed by atoms with van der Waals surface area (Å²) < 4.78 is 35.2. The van der Waals surface area contributed by atoms with E-state index in [0.717, 1.165) is 56.1 Å². The second kappa shape index (κ2) is 11.1. The van der Waals surface area contributed by atoms with Gasteiger partial charge in [-0.1, -0.05) is 18.2 Å². The molecular formula is C28H31N7O3S. The van der Waals surface area contributed by atoms with E-state index in [2.05, 4.69) is 32.4 Å². The standard InChI is InChI=1S/C28H31N7O3S/c36-39(37,26-6-2-1-3-7-26)34-14-4-5-25(21-34)35-20-22(19-30-35)27-12-13-29-28(32-27)31-23-8-10-24(11-9-23)33-15-17-38-18-16-33/h1-3,6-13,19-20,25H,4-5,14-18,21H2,(H,29,31,32). The number of morpholine rings is 1. The van der Waals surface area contributed by atoms with Crippen LogP contribution in [0.1, 0.15) is 18.9 Å². The molecule has 2 aliphatic heterocycles. The molecule has 4 heterocycles. The summed E-state index contributed by atoms with van der Waals surface area (Å²) in [6, 6.07) is 18.6. The number of piperidine rings is 1. The third-order valence-electron chi connectivity index (χ3n) is 7.17. The number of nitrogens with zero attached hydrogens (tertiary/aromatic N) is 6. The van der Waals surface area contributed by atoms with Crippen molar-refractivity contribution in [3.63, 3.8) is 0 Å². The molecule has 10 nitrogen and oxygen atoms in total. The van der Waals surface area contributed by atoms with E-state index in [1.807, 2.05) is 35.1 Å². The monoisotopic (exact) mass is 545 g/mol. The second-order valence-corrected chi connectivity index (χ2v) is 11.7. The molecule has 11 heteroatoms. The van der Waals surface area contributed by atoms with E-state index in [9.17, 15) is 8.42 Å². The lowest BCUT2D eigenvalue weighted by atomic mass is 10.1. The van der Waals surface area contributed by atoms with Crippen LogP contribution >= 0.6 is 0 Å². The van der Waals surface area contributed by atoms with Crippen molar-refractivity contribution in [3.05, 3.63) is 79.3 Å². The quantitative estimate of drug-likeness (QED) is 0.372. The number of nitrogens with one attached hydrogen (secondary N) is 1. The third kappa shape index (κ3) is 5.65. The lowest BCUT2D eigenvalue weighted by Crippen LogP contribution is -2.40. The number of benzene rings is 2. The Morgan fingerprint density at radius 1 is 0.949 bits per heavy atom. The topological polar surface area (TPSA) is 105 Å². The van der Waals surface area contributed by atoms with E-state index < -0.39 is 10.0 Å². The van der Waals surface area contributed by atoms with Crippen LogP contribution in [0.4, 0.5) is 17.3 Å². The molecule has 2 aromatic heterocycles. The van der Waals surface area contributed by atoms with E-state index in [1.165, 1.54) is 5.69 Å². The van der Waals surface area contributed by atoms with Crippen LogP contribution < -0.4 is 10.2 Å². The van der Waals surface area contributed by atoms with Gasteiger partial charge in [0.15, 0.2) is 0 Å². The van der Waals surface area contributed by atoms with Gasteiger partial charge < -0.3 is 15.0 Å². The second-order valence-electron chi connectivity index (χ2n) is 9.72. The van der Waals surface area contributed by atoms with Crippen molar-refractivity contribution in [2.45, 2.75) is 23.8 Å². The van der Waals surface area contributed by atoms with Crippen molar-refractivity contribution in [3.8, 4) is 11.3 Å². The third-order valence-corrected chi connectivity index (χ3v) is 9.05. The average molecular weight is 546 g/mol. The molecule has 4 aromatic rings. The number of anilines is 3. The summed E-state index contributed by atoms with van der Waals surface area (Å²) in [6.07, 6.45) is 7.07. The van der Waals surface area contributed by atoms with E-state index in [4.69, 9.17) is 9.72 Å². The molecule has 2 fully saturated rings. The molecule has 0 aliphatic carbocycles. The number of sulfonamides is 1. The molecule has 0 saturated carbocycles. The van der Waals surface area contributed by atoms with Crippen molar-refractivity contribution in [2.75, 3.05) is 49.6 Å².